The fourth-order valence-electron chi connectivity index (χ4n) is 1.68. The van der Waals surface area contributed by atoms with Crippen LogP contribution >= 0.6 is 0 Å². The average molecular weight is 230 g/mol. The Bertz CT molecular complexity index is 520. The van der Waals surface area contributed by atoms with Crippen molar-refractivity contribution < 1.29 is 9.13 Å². The number of aryl methyl sites for hydroxylation is 2. The van der Waals surface area contributed by atoms with Crippen LogP contribution < -0.4 is 4.74 Å². The predicted molar refractivity (Wildman–Crippen MR) is 66.6 cm³/mol. The van der Waals surface area contributed by atoms with Gasteiger partial charge < -0.3 is 4.74 Å². The van der Waals surface area contributed by atoms with Crippen LogP contribution in [0.1, 0.15) is 16.7 Å². The number of hydrogen-bond acceptors (Lipinski definition) is 1. The topological polar surface area (TPSA) is 9.23 Å². The van der Waals surface area contributed by atoms with Crippen molar-refractivity contribution in [2.45, 2.75) is 20.5 Å². The monoisotopic (exact) mass is 230 g/mol. The van der Waals surface area contributed by atoms with E-state index >= 15 is 0 Å². The first-order chi connectivity index (χ1) is 8.15. The van der Waals surface area contributed by atoms with Crippen LogP contribution in [0.4, 0.5) is 4.39 Å². The smallest absolute Gasteiger partial charge is 0.126 e. The predicted octanol–water partition coefficient (Wildman–Crippen LogP) is 4.02. The molecule has 0 saturated heterocycles. The minimum atomic E-state index is -0.201. The van der Waals surface area contributed by atoms with Crippen molar-refractivity contribution in [2.24, 2.45) is 0 Å². The molecule has 2 rings (SSSR count). The maximum Gasteiger partial charge on any atom is 0.126 e. The molecule has 0 spiro atoms. The van der Waals surface area contributed by atoms with Gasteiger partial charge in [-0.1, -0.05) is 29.8 Å². The molecule has 0 N–H and O–H groups in total. The lowest BCUT2D eigenvalue weighted by Gasteiger charge is -2.08. The lowest BCUT2D eigenvalue weighted by molar-refractivity contribution is 0.305. The summed E-state index contributed by atoms with van der Waals surface area (Å²) in [5.41, 5.74) is 2.93. The van der Waals surface area contributed by atoms with Gasteiger partial charge in [0.2, 0.25) is 0 Å². The Morgan fingerprint density at radius 1 is 1.06 bits per heavy atom. The highest BCUT2D eigenvalue weighted by Gasteiger charge is 2.00. The first-order valence-electron chi connectivity index (χ1n) is 5.59. The van der Waals surface area contributed by atoms with Crippen molar-refractivity contribution in [1.82, 2.24) is 0 Å². The van der Waals surface area contributed by atoms with Gasteiger partial charge in [-0.2, -0.15) is 0 Å². The van der Waals surface area contributed by atoms with Crippen molar-refractivity contribution in [2.75, 3.05) is 0 Å². The van der Waals surface area contributed by atoms with Crippen LogP contribution in [0.2, 0.25) is 0 Å². The Kier molecular flexibility index (Phi) is 3.43. The number of hydrogen-bond donors (Lipinski definition) is 0. The molecular formula is C15H15FO. The molecule has 0 radical (unpaired) electrons. The quantitative estimate of drug-likeness (QED) is 0.773. The third-order valence-electron chi connectivity index (χ3n) is 2.62. The summed E-state index contributed by atoms with van der Waals surface area (Å²) >= 11 is 0. The molecule has 0 aliphatic rings. The Morgan fingerprint density at radius 2 is 1.88 bits per heavy atom. The van der Waals surface area contributed by atoms with Crippen LogP contribution in [0, 0.1) is 19.7 Å². The summed E-state index contributed by atoms with van der Waals surface area (Å²) in [6.07, 6.45) is 0. The van der Waals surface area contributed by atoms with Gasteiger partial charge in [0.25, 0.3) is 0 Å². The van der Waals surface area contributed by atoms with E-state index in [-0.39, 0.29) is 5.82 Å². The van der Waals surface area contributed by atoms with Gasteiger partial charge in [0.15, 0.2) is 0 Å². The van der Waals surface area contributed by atoms with Crippen LogP contribution in [0.3, 0.4) is 0 Å². The molecule has 0 aliphatic carbocycles. The Morgan fingerprint density at radius 3 is 2.59 bits per heavy atom. The van der Waals surface area contributed by atoms with Crippen LogP contribution in [-0.2, 0) is 6.61 Å². The van der Waals surface area contributed by atoms with Crippen LogP contribution in [0.5, 0.6) is 5.75 Å². The van der Waals surface area contributed by atoms with E-state index in [1.165, 1.54) is 11.6 Å². The minimum absolute atomic E-state index is 0.201. The molecule has 0 fully saturated rings. The van der Waals surface area contributed by atoms with Gasteiger partial charge in [-0.05, 0) is 43.2 Å². The zero-order valence-corrected chi connectivity index (χ0v) is 10.0. The van der Waals surface area contributed by atoms with Gasteiger partial charge in [0.05, 0.1) is 0 Å². The highest BCUT2D eigenvalue weighted by atomic mass is 19.1. The number of halogens is 1. The molecule has 1 nitrogen and oxygen atoms in total. The second-order valence-electron chi connectivity index (χ2n) is 4.19. The molecule has 2 aromatic rings. The molecule has 0 atom stereocenters. The molecule has 0 aliphatic heterocycles. The molecule has 0 saturated carbocycles. The van der Waals surface area contributed by atoms with Crippen molar-refractivity contribution in [1.29, 1.82) is 0 Å². The van der Waals surface area contributed by atoms with E-state index in [1.807, 2.05) is 25.1 Å². The van der Waals surface area contributed by atoms with Crippen LogP contribution in [0.15, 0.2) is 42.5 Å². The Hall–Kier alpha value is -1.83. The fraction of sp³-hybridized carbons (Fsp3) is 0.200. The number of benzene rings is 2. The average Bonchev–Trinajstić information content (AvgIpc) is 2.31. The molecule has 0 heterocycles. The number of ether oxygens (including phenoxy) is 1. The first-order valence-corrected chi connectivity index (χ1v) is 5.59. The third-order valence-corrected chi connectivity index (χ3v) is 2.62. The van der Waals surface area contributed by atoms with E-state index in [4.69, 9.17) is 4.74 Å². The van der Waals surface area contributed by atoms with Crippen molar-refractivity contribution in [3.05, 3.63) is 65.0 Å². The summed E-state index contributed by atoms with van der Waals surface area (Å²) < 4.78 is 18.7. The molecule has 2 aromatic carbocycles. The van der Waals surface area contributed by atoms with E-state index in [9.17, 15) is 4.39 Å². The van der Waals surface area contributed by atoms with Gasteiger partial charge in [0, 0.05) is 0 Å². The normalized spacial score (nSPS) is 10.3. The van der Waals surface area contributed by atoms with Gasteiger partial charge in [-0.15, -0.1) is 0 Å². The minimum Gasteiger partial charge on any atom is -0.489 e. The van der Waals surface area contributed by atoms with E-state index in [1.54, 1.807) is 19.1 Å². The summed E-state index contributed by atoms with van der Waals surface area (Å²) in [7, 11) is 0. The number of rotatable bonds is 3. The highest BCUT2D eigenvalue weighted by molar-refractivity contribution is 5.29. The summed E-state index contributed by atoms with van der Waals surface area (Å²) in [5.74, 6) is 0.498. The van der Waals surface area contributed by atoms with Gasteiger partial charge >= 0.3 is 0 Å². The maximum absolute atomic E-state index is 13.1. The molecular weight excluding hydrogens is 215 g/mol. The Labute approximate surface area is 101 Å². The molecule has 0 bridgehead atoms. The SMILES string of the molecule is Cc1cccc(COc2ccc(F)c(C)c2)c1. The molecule has 0 amide bonds. The zero-order valence-electron chi connectivity index (χ0n) is 10.0. The standard InChI is InChI=1S/C15H15FO/c1-11-4-3-5-13(8-11)10-17-14-6-7-15(16)12(2)9-14/h3-9H,10H2,1-2H3. The molecule has 17 heavy (non-hydrogen) atoms. The zero-order chi connectivity index (χ0) is 12.3. The second kappa shape index (κ2) is 5.00. The molecule has 2 heteroatoms. The van der Waals surface area contributed by atoms with Crippen LogP contribution in [-0.4, -0.2) is 0 Å². The summed E-state index contributed by atoms with van der Waals surface area (Å²) in [6.45, 7) is 4.28. The highest BCUT2D eigenvalue weighted by Crippen LogP contribution is 2.17. The van der Waals surface area contributed by atoms with E-state index in [2.05, 4.69) is 6.07 Å². The van der Waals surface area contributed by atoms with E-state index < -0.39 is 0 Å². The van der Waals surface area contributed by atoms with E-state index in [0.29, 0.717) is 17.9 Å². The van der Waals surface area contributed by atoms with Gasteiger partial charge in [-0.3, -0.25) is 0 Å². The summed E-state index contributed by atoms with van der Waals surface area (Å²) in [4.78, 5) is 0. The molecule has 88 valence electrons. The largest absolute Gasteiger partial charge is 0.489 e. The summed E-state index contributed by atoms with van der Waals surface area (Å²) in [6, 6.07) is 12.9. The van der Waals surface area contributed by atoms with Crippen molar-refractivity contribution in [3.8, 4) is 5.75 Å². The lowest BCUT2D eigenvalue weighted by Crippen LogP contribution is -1.96. The molecule has 0 aromatic heterocycles. The lowest BCUT2D eigenvalue weighted by atomic mass is 10.1. The fourth-order valence-corrected chi connectivity index (χ4v) is 1.68. The van der Waals surface area contributed by atoms with E-state index in [0.717, 1.165) is 5.56 Å². The van der Waals surface area contributed by atoms with Crippen molar-refractivity contribution >= 4 is 0 Å². The third kappa shape index (κ3) is 3.06. The van der Waals surface area contributed by atoms with Gasteiger partial charge in [-0.25, -0.2) is 4.39 Å². The van der Waals surface area contributed by atoms with Gasteiger partial charge in [0.1, 0.15) is 18.2 Å². The molecule has 0 unspecified atom stereocenters. The summed E-state index contributed by atoms with van der Waals surface area (Å²) in [5, 5.41) is 0. The van der Waals surface area contributed by atoms with Crippen molar-refractivity contribution in [3.63, 3.8) is 0 Å². The van der Waals surface area contributed by atoms with Crippen LogP contribution in [0.25, 0.3) is 0 Å². The second-order valence-corrected chi connectivity index (χ2v) is 4.19. The maximum atomic E-state index is 13.1. The Balaban J connectivity index is 2.05. The first kappa shape index (κ1) is 11.6.